The predicted octanol–water partition coefficient (Wildman–Crippen LogP) is 3.14. The van der Waals surface area contributed by atoms with Crippen molar-refractivity contribution in [3.63, 3.8) is 0 Å². The van der Waals surface area contributed by atoms with Crippen LogP contribution in [-0.2, 0) is 6.54 Å². The van der Waals surface area contributed by atoms with Crippen molar-refractivity contribution in [1.29, 1.82) is 0 Å². The van der Waals surface area contributed by atoms with Crippen LogP contribution in [0, 0.1) is 0 Å². The standard InChI is InChI=1S/C14H17N/c1-15-11-12-6-5-9-14(10-12)13-7-3-2-4-8-13/h3,5-10,15H,2,4,11H2,1H3. The summed E-state index contributed by atoms with van der Waals surface area (Å²) in [5.41, 5.74) is 4.03. The van der Waals surface area contributed by atoms with Crippen LogP contribution in [0.25, 0.3) is 5.57 Å². The van der Waals surface area contributed by atoms with E-state index in [1.807, 2.05) is 7.05 Å². The van der Waals surface area contributed by atoms with Crippen LogP contribution in [-0.4, -0.2) is 7.05 Å². The summed E-state index contributed by atoms with van der Waals surface area (Å²) in [7, 11) is 1.98. The largest absolute Gasteiger partial charge is 0.316 e. The Balaban J connectivity index is 2.24. The van der Waals surface area contributed by atoms with Gasteiger partial charge >= 0.3 is 0 Å². The van der Waals surface area contributed by atoms with Crippen LogP contribution in [0.1, 0.15) is 24.0 Å². The smallest absolute Gasteiger partial charge is 0.0202 e. The lowest BCUT2D eigenvalue weighted by Gasteiger charge is -2.09. The first-order valence-corrected chi connectivity index (χ1v) is 5.51. The molecule has 2 rings (SSSR count). The van der Waals surface area contributed by atoms with Gasteiger partial charge in [-0.3, -0.25) is 0 Å². The lowest BCUT2D eigenvalue weighted by molar-refractivity contribution is 0.817. The second-order valence-electron chi connectivity index (χ2n) is 3.87. The van der Waals surface area contributed by atoms with Crippen LogP contribution in [0.2, 0.25) is 0 Å². The molecule has 1 nitrogen and oxygen atoms in total. The Morgan fingerprint density at radius 2 is 2.20 bits per heavy atom. The van der Waals surface area contributed by atoms with Crippen molar-refractivity contribution in [2.45, 2.75) is 19.4 Å². The van der Waals surface area contributed by atoms with Crippen LogP contribution >= 0.6 is 0 Å². The first kappa shape index (κ1) is 10.2. The first-order chi connectivity index (χ1) is 7.40. The number of rotatable bonds is 3. The molecule has 0 atom stereocenters. The molecular weight excluding hydrogens is 182 g/mol. The van der Waals surface area contributed by atoms with E-state index in [-0.39, 0.29) is 0 Å². The minimum Gasteiger partial charge on any atom is -0.316 e. The van der Waals surface area contributed by atoms with Gasteiger partial charge in [0.25, 0.3) is 0 Å². The Hall–Kier alpha value is -1.34. The maximum absolute atomic E-state index is 3.18. The molecule has 1 aromatic carbocycles. The van der Waals surface area contributed by atoms with E-state index >= 15 is 0 Å². The molecule has 0 saturated carbocycles. The highest BCUT2D eigenvalue weighted by Crippen LogP contribution is 2.21. The summed E-state index contributed by atoms with van der Waals surface area (Å²) in [5, 5.41) is 3.18. The molecule has 78 valence electrons. The first-order valence-electron chi connectivity index (χ1n) is 5.51. The van der Waals surface area contributed by atoms with Gasteiger partial charge in [0.1, 0.15) is 0 Å². The number of allylic oxidation sites excluding steroid dienone is 4. The molecule has 1 N–H and O–H groups in total. The van der Waals surface area contributed by atoms with Gasteiger partial charge in [-0.25, -0.2) is 0 Å². The average molecular weight is 199 g/mol. The highest BCUT2D eigenvalue weighted by Gasteiger charge is 2.01. The molecule has 1 aromatic rings. The molecule has 0 aliphatic heterocycles. The highest BCUT2D eigenvalue weighted by atomic mass is 14.8. The van der Waals surface area contributed by atoms with Gasteiger partial charge in [0.05, 0.1) is 0 Å². The molecule has 0 saturated heterocycles. The van der Waals surface area contributed by atoms with Crippen molar-refractivity contribution in [3.05, 3.63) is 53.6 Å². The third-order valence-electron chi connectivity index (χ3n) is 2.64. The summed E-state index contributed by atoms with van der Waals surface area (Å²) < 4.78 is 0. The van der Waals surface area contributed by atoms with E-state index in [4.69, 9.17) is 0 Å². The lowest BCUT2D eigenvalue weighted by Crippen LogP contribution is -2.05. The molecule has 0 spiro atoms. The Labute approximate surface area is 91.5 Å². The molecule has 0 aromatic heterocycles. The van der Waals surface area contributed by atoms with E-state index in [1.54, 1.807) is 0 Å². The monoisotopic (exact) mass is 199 g/mol. The van der Waals surface area contributed by atoms with Crippen molar-refractivity contribution in [1.82, 2.24) is 5.32 Å². The summed E-state index contributed by atoms with van der Waals surface area (Å²) in [5.74, 6) is 0. The van der Waals surface area contributed by atoms with Gasteiger partial charge in [0.2, 0.25) is 0 Å². The molecule has 0 fully saturated rings. The van der Waals surface area contributed by atoms with Crippen molar-refractivity contribution in [2.75, 3.05) is 7.05 Å². The van der Waals surface area contributed by atoms with E-state index in [0.29, 0.717) is 0 Å². The van der Waals surface area contributed by atoms with Crippen molar-refractivity contribution in [2.24, 2.45) is 0 Å². The summed E-state index contributed by atoms with van der Waals surface area (Å²) in [6, 6.07) is 8.73. The maximum atomic E-state index is 3.18. The molecule has 15 heavy (non-hydrogen) atoms. The fourth-order valence-electron chi connectivity index (χ4n) is 1.89. The minimum atomic E-state index is 0.935. The molecule has 0 heterocycles. The van der Waals surface area contributed by atoms with Crippen LogP contribution in [0.5, 0.6) is 0 Å². The third kappa shape index (κ3) is 2.57. The molecule has 0 radical (unpaired) electrons. The fourth-order valence-corrected chi connectivity index (χ4v) is 1.89. The van der Waals surface area contributed by atoms with Gasteiger partial charge in [-0.2, -0.15) is 0 Å². The predicted molar refractivity (Wildman–Crippen MR) is 65.6 cm³/mol. The zero-order chi connectivity index (χ0) is 10.5. The summed E-state index contributed by atoms with van der Waals surface area (Å²) >= 11 is 0. The Bertz CT molecular complexity index is 388. The molecule has 1 aliphatic carbocycles. The molecular formula is C14H17N. The molecule has 1 aliphatic rings. The van der Waals surface area contributed by atoms with E-state index < -0.39 is 0 Å². The van der Waals surface area contributed by atoms with Gasteiger partial charge in [0.15, 0.2) is 0 Å². The normalized spacial score (nSPS) is 15.1. The Morgan fingerprint density at radius 3 is 2.93 bits per heavy atom. The van der Waals surface area contributed by atoms with Crippen molar-refractivity contribution in [3.8, 4) is 0 Å². The van der Waals surface area contributed by atoms with Gasteiger partial charge < -0.3 is 5.32 Å². The zero-order valence-electron chi connectivity index (χ0n) is 9.16. The summed E-state index contributed by atoms with van der Waals surface area (Å²) in [4.78, 5) is 0. The zero-order valence-corrected chi connectivity index (χ0v) is 9.16. The van der Waals surface area contributed by atoms with Gasteiger partial charge in [-0.15, -0.1) is 0 Å². The molecule has 0 unspecified atom stereocenters. The number of nitrogens with one attached hydrogen (secondary N) is 1. The second-order valence-corrected chi connectivity index (χ2v) is 3.87. The van der Waals surface area contributed by atoms with Gasteiger partial charge in [-0.1, -0.05) is 36.4 Å². The quantitative estimate of drug-likeness (QED) is 0.788. The van der Waals surface area contributed by atoms with E-state index in [9.17, 15) is 0 Å². The SMILES string of the molecule is CNCc1cccc(C2=CCCC=C2)c1. The Kier molecular flexibility index (Phi) is 3.36. The molecule has 1 heteroatoms. The minimum absolute atomic E-state index is 0.935. The number of hydrogen-bond donors (Lipinski definition) is 1. The maximum Gasteiger partial charge on any atom is 0.0202 e. The van der Waals surface area contributed by atoms with E-state index in [0.717, 1.165) is 6.54 Å². The van der Waals surface area contributed by atoms with Crippen molar-refractivity contribution < 1.29 is 0 Å². The highest BCUT2D eigenvalue weighted by molar-refractivity contribution is 5.75. The van der Waals surface area contributed by atoms with Crippen LogP contribution in [0.4, 0.5) is 0 Å². The van der Waals surface area contributed by atoms with E-state index in [1.165, 1.54) is 29.5 Å². The molecule has 0 amide bonds. The van der Waals surface area contributed by atoms with Crippen LogP contribution in [0.15, 0.2) is 42.5 Å². The van der Waals surface area contributed by atoms with Crippen LogP contribution < -0.4 is 5.32 Å². The fraction of sp³-hybridized carbons (Fsp3) is 0.286. The second kappa shape index (κ2) is 4.94. The van der Waals surface area contributed by atoms with Crippen LogP contribution in [0.3, 0.4) is 0 Å². The number of benzene rings is 1. The Morgan fingerprint density at radius 1 is 1.27 bits per heavy atom. The summed E-state index contributed by atoms with van der Waals surface area (Å²) in [6.45, 7) is 0.935. The van der Waals surface area contributed by atoms with Crippen molar-refractivity contribution >= 4 is 5.57 Å². The van der Waals surface area contributed by atoms with E-state index in [2.05, 4.69) is 47.8 Å². The van der Waals surface area contributed by atoms with Gasteiger partial charge in [0, 0.05) is 6.54 Å². The number of hydrogen-bond acceptors (Lipinski definition) is 1. The summed E-state index contributed by atoms with van der Waals surface area (Å²) in [6.07, 6.45) is 9.14. The lowest BCUT2D eigenvalue weighted by atomic mass is 9.98. The third-order valence-corrected chi connectivity index (χ3v) is 2.64. The van der Waals surface area contributed by atoms with Gasteiger partial charge in [-0.05, 0) is 42.7 Å². The topological polar surface area (TPSA) is 12.0 Å². The molecule has 0 bridgehead atoms. The average Bonchev–Trinajstić information content (AvgIpc) is 2.31.